The Kier molecular flexibility index (Phi) is 7.21. The number of pyridine rings is 1. The molecule has 1 aliphatic heterocycles. The van der Waals surface area contributed by atoms with Gasteiger partial charge in [0.05, 0.1) is 6.61 Å². The number of hydrogen-bond acceptors (Lipinski definition) is 6. The van der Waals surface area contributed by atoms with Gasteiger partial charge < -0.3 is 20.1 Å². The van der Waals surface area contributed by atoms with E-state index in [1.807, 2.05) is 20.8 Å². The molecule has 0 aliphatic carbocycles. The molecule has 1 aliphatic rings. The fourth-order valence-corrected chi connectivity index (χ4v) is 3.66. The number of ether oxygens (including phenoxy) is 2. The van der Waals surface area contributed by atoms with Crippen LogP contribution in [-0.2, 0) is 14.3 Å². The zero-order valence-corrected chi connectivity index (χ0v) is 21.3. The number of anilines is 2. The summed E-state index contributed by atoms with van der Waals surface area (Å²) in [6.45, 7) is 12.8. The van der Waals surface area contributed by atoms with Crippen molar-refractivity contribution in [2.75, 3.05) is 17.2 Å². The molecule has 1 aromatic carbocycles. The molecular formula is C26H34N4O5. The molecule has 0 saturated carbocycles. The van der Waals surface area contributed by atoms with Gasteiger partial charge in [0.2, 0.25) is 0 Å². The predicted octanol–water partition coefficient (Wildman–Crippen LogP) is 4.67. The van der Waals surface area contributed by atoms with E-state index in [-0.39, 0.29) is 12.5 Å². The maximum Gasteiger partial charge on any atom is 0.413 e. The molecule has 1 saturated heterocycles. The van der Waals surface area contributed by atoms with Crippen molar-refractivity contribution in [3.8, 4) is 0 Å². The molecule has 3 rings (SSSR count). The van der Waals surface area contributed by atoms with Crippen LogP contribution in [0, 0.1) is 5.41 Å². The lowest BCUT2D eigenvalue weighted by molar-refractivity contribution is -0.126. The molecule has 2 atom stereocenters. The molecule has 0 radical (unpaired) electrons. The van der Waals surface area contributed by atoms with Gasteiger partial charge in [-0.2, -0.15) is 0 Å². The summed E-state index contributed by atoms with van der Waals surface area (Å²) >= 11 is 0. The van der Waals surface area contributed by atoms with Crippen molar-refractivity contribution < 1.29 is 23.9 Å². The third-order valence-corrected chi connectivity index (χ3v) is 5.42. The van der Waals surface area contributed by atoms with E-state index in [9.17, 15) is 14.4 Å². The molecule has 1 fully saturated rings. The van der Waals surface area contributed by atoms with Crippen LogP contribution in [0.4, 0.5) is 16.3 Å². The van der Waals surface area contributed by atoms with Crippen LogP contribution in [0.5, 0.6) is 0 Å². The third kappa shape index (κ3) is 6.16. The standard InChI is InChI=1S/C26H34N4O5/c1-24(2,3)22-30(23(33)35-25(4,5)6)26(7,16-34-22)21(32)28-18-13-11-17(12-14-18)20(31)29-19-10-8-9-15-27-19/h8-15,22H,16H2,1-7H3,(H,28,32)(H,27,29,31)/t22-,26+/m1/s1. The Balaban J connectivity index is 1.76. The van der Waals surface area contributed by atoms with Gasteiger partial charge >= 0.3 is 6.09 Å². The Morgan fingerprint density at radius 1 is 1.03 bits per heavy atom. The largest absolute Gasteiger partial charge is 0.444 e. The topological polar surface area (TPSA) is 110 Å². The number of nitrogens with one attached hydrogen (secondary N) is 2. The van der Waals surface area contributed by atoms with Gasteiger partial charge in [0.15, 0.2) is 0 Å². The monoisotopic (exact) mass is 482 g/mol. The van der Waals surface area contributed by atoms with E-state index in [1.165, 1.54) is 4.90 Å². The highest BCUT2D eigenvalue weighted by Crippen LogP contribution is 2.38. The van der Waals surface area contributed by atoms with Crippen LogP contribution in [0.1, 0.15) is 58.8 Å². The molecule has 1 aromatic heterocycles. The molecule has 3 amide bonds. The highest BCUT2D eigenvalue weighted by atomic mass is 16.6. The first-order valence-corrected chi connectivity index (χ1v) is 11.5. The van der Waals surface area contributed by atoms with Crippen LogP contribution in [0.15, 0.2) is 48.7 Å². The average Bonchev–Trinajstić information content (AvgIpc) is 3.13. The molecule has 2 aromatic rings. The van der Waals surface area contributed by atoms with Gasteiger partial charge in [-0.1, -0.05) is 26.8 Å². The van der Waals surface area contributed by atoms with Gasteiger partial charge in [-0.3, -0.25) is 14.5 Å². The van der Waals surface area contributed by atoms with Crippen molar-refractivity contribution in [3.05, 3.63) is 54.2 Å². The van der Waals surface area contributed by atoms with E-state index >= 15 is 0 Å². The molecule has 0 unspecified atom stereocenters. The molecule has 0 spiro atoms. The summed E-state index contributed by atoms with van der Waals surface area (Å²) in [5, 5.41) is 5.56. The number of benzene rings is 1. The number of aromatic nitrogens is 1. The Labute approximate surface area is 206 Å². The van der Waals surface area contributed by atoms with E-state index in [1.54, 1.807) is 76.4 Å². The molecule has 9 nitrogen and oxygen atoms in total. The van der Waals surface area contributed by atoms with Crippen molar-refractivity contribution in [3.63, 3.8) is 0 Å². The fourth-order valence-electron chi connectivity index (χ4n) is 3.66. The molecule has 2 N–H and O–H groups in total. The van der Waals surface area contributed by atoms with Gasteiger partial charge in [0.1, 0.15) is 23.2 Å². The fraction of sp³-hybridized carbons (Fsp3) is 0.462. The summed E-state index contributed by atoms with van der Waals surface area (Å²) in [5.41, 5.74) is -1.58. The zero-order chi connectivity index (χ0) is 26.0. The molecule has 9 heteroatoms. The van der Waals surface area contributed by atoms with Gasteiger partial charge in [-0.05, 0) is 64.1 Å². The maximum atomic E-state index is 13.4. The molecule has 188 valence electrons. The Hall–Kier alpha value is -3.46. The first-order valence-electron chi connectivity index (χ1n) is 11.5. The van der Waals surface area contributed by atoms with Crippen LogP contribution in [-0.4, -0.2) is 51.8 Å². The number of carbonyl (C=O) groups excluding carboxylic acids is 3. The smallest absolute Gasteiger partial charge is 0.413 e. The normalized spacial score (nSPS) is 20.3. The maximum absolute atomic E-state index is 13.4. The molecule has 2 heterocycles. The SMILES string of the molecule is CC(C)(C)OC(=O)N1[C@@H](C(C)(C)C)OC[C@@]1(C)C(=O)Nc1ccc(C(=O)Nc2ccccn2)cc1. The van der Waals surface area contributed by atoms with Gasteiger partial charge in [-0.15, -0.1) is 0 Å². The number of hydrogen-bond donors (Lipinski definition) is 2. The summed E-state index contributed by atoms with van der Waals surface area (Å²) in [4.78, 5) is 44.5. The molecule has 0 bridgehead atoms. The molecule has 35 heavy (non-hydrogen) atoms. The van der Waals surface area contributed by atoms with Crippen LogP contribution in [0.25, 0.3) is 0 Å². The Morgan fingerprint density at radius 3 is 2.23 bits per heavy atom. The summed E-state index contributed by atoms with van der Waals surface area (Å²) in [5.74, 6) is -0.290. The van der Waals surface area contributed by atoms with E-state index < -0.39 is 34.8 Å². The second-order valence-electron chi connectivity index (χ2n) is 10.9. The minimum Gasteiger partial charge on any atom is -0.444 e. The van der Waals surface area contributed by atoms with Crippen LogP contribution in [0.3, 0.4) is 0 Å². The van der Waals surface area contributed by atoms with Crippen LogP contribution < -0.4 is 10.6 Å². The van der Waals surface area contributed by atoms with Crippen molar-refractivity contribution in [1.29, 1.82) is 0 Å². The third-order valence-electron chi connectivity index (χ3n) is 5.42. The van der Waals surface area contributed by atoms with Crippen molar-refractivity contribution in [2.45, 2.75) is 65.8 Å². The second-order valence-corrected chi connectivity index (χ2v) is 10.9. The number of rotatable bonds is 4. The van der Waals surface area contributed by atoms with Crippen LogP contribution in [0.2, 0.25) is 0 Å². The Bertz CT molecular complexity index is 1070. The minimum absolute atomic E-state index is 0.0184. The first kappa shape index (κ1) is 26.2. The number of carbonyl (C=O) groups is 3. The zero-order valence-electron chi connectivity index (χ0n) is 21.3. The highest BCUT2D eigenvalue weighted by molar-refractivity contribution is 6.04. The molecular weight excluding hydrogens is 448 g/mol. The van der Waals surface area contributed by atoms with E-state index in [4.69, 9.17) is 9.47 Å². The van der Waals surface area contributed by atoms with Crippen molar-refractivity contribution >= 4 is 29.4 Å². The summed E-state index contributed by atoms with van der Waals surface area (Å²) in [6.07, 6.45) is 0.326. The van der Waals surface area contributed by atoms with Gasteiger partial charge in [0.25, 0.3) is 11.8 Å². The number of nitrogens with zero attached hydrogens (tertiary/aromatic N) is 2. The quantitative estimate of drug-likeness (QED) is 0.655. The summed E-state index contributed by atoms with van der Waals surface area (Å²) in [6, 6.07) is 11.7. The number of amides is 3. The van der Waals surface area contributed by atoms with E-state index in [0.717, 1.165) is 0 Å². The van der Waals surface area contributed by atoms with Gasteiger partial charge in [0, 0.05) is 22.9 Å². The summed E-state index contributed by atoms with van der Waals surface area (Å²) in [7, 11) is 0. The highest BCUT2D eigenvalue weighted by Gasteiger charge is 2.56. The Morgan fingerprint density at radius 2 is 1.69 bits per heavy atom. The first-order chi connectivity index (χ1) is 16.2. The average molecular weight is 483 g/mol. The van der Waals surface area contributed by atoms with Crippen molar-refractivity contribution in [1.82, 2.24) is 9.88 Å². The van der Waals surface area contributed by atoms with E-state index in [2.05, 4.69) is 15.6 Å². The lowest BCUT2D eigenvalue weighted by Gasteiger charge is -2.40. The second kappa shape index (κ2) is 9.65. The lowest BCUT2D eigenvalue weighted by Crippen LogP contribution is -2.59. The lowest BCUT2D eigenvalue weighted by atomic mass is 9.91. The van der Waals surface area contributed by atoms with Gasteiger partial charge in [-0.25, -0.2) is 9.78 Å². The summed E-state index contributed by atoms with van der Waals surface area (Å²) < 4.78 is 11.6. The predicted molar refractivity (Wildman–Crippen MR) is 133 cm³/mol. The van der Waals surface area contributed by atoms with Crippen LogP contribution >= 0.6 is 0 Å². The minimum atomic E-state index is -1.30. The van der Waals surface area contributed by atoms with E-state index in [0.29, 0.717) is 17.1 Å². The van der Waals surface area contributed by atoms with Crippen molar-refractivity contribution in [2.24, 2.45) is 5.41 Å².